The van der Waals surface area contributed by atoms with Gasteiger partial charge in [0.2, 0.25) is 0 Å². The second-order valence-electron chi connectivity index (χ2n) is 4.96. The first-order valence-corrected chi connectivity index (χ1v) is 9.14. The van der Waals surface area contributed by atoms with Gasteiger partial charge in [0.15, 0.2) is 14.7 Å². The molecule has 0 fully saturated rings. The zero-order valence-corrected chi connectivity index (χ0v) is 15.1. The molecule has 132 valence electrons. The normalized spacial score (nSPS) is 13.4. The molecular formula is C15H18ClNO6S. The molecule has 0 saturated carbocycles. The molecule has 0 aliphatic heterocycles. The lowest BCUT2D eigenvalue weighted by Gasteiger charge is -2.13. The van der Waals surface area contributed by atoms with Gasteiger partial charge in [-0.25, -0.2) is 13.2 Å². The van der Waals surface area contributed by atoms with Gasteiger partial charge in [-0.15, -0.1) is 0 Å². The summed E-state index contributed by atoms with van der Waals surface area (Å²) in [6, 6.07) is 3.76. The van der Waals surface area contributed by atoms with Crippen molar-refractivity contribution in [1.82, 2.24) is 0 Å². The van der Waals surface area contributed by atoms with E-state index in [0.29, 0.717) is 6.42 Å². The summed E-state index contributed by atoms with van der Waals surface area (Å²) < 4.78 is 29.9. The molecule has 1 aromatic carbocycles. The third-order valence-electron chi connectivity index (χ3n) is 3.35. The SMILES string of the molecule is CCOC(=O)/C(=C/c1ccc(Cl)c([N+](=O)[O-])c1)S(=O)(=O)[C@H](C)CC. The fourth-order valence-electron chi connectivity index (χ4n) is 1.81. The predicted molar refractivity (Wildman–Crippen MR) is 91.4 cm³/mol. The van der Waals surface area contributed by atoms with Crippen molar-refractivity contribution in [1.29, 1.82) is 0 Å². The number of nitro groups is 1. The van der Waals surface area contributed by atoms with E-state index in [0.717, 1.165) is 12.1 Å². The lowest BCUT2D eigenvalue weighted by atomic mass is 10.2. The average molecular weight is 376 g/mol. The van der Waals surface area contributed by atoms with Gasteiger partial charge in [0, 0.05) is 6.07 Å². The molecule has 0 aliphatic carbocycles. The molecule has 1 aromatic rings. The van der Waals surface area contributed by atoms with Crippen molar-refractivity contribution in [3.05, 3.63) is 43.8 Å². The molecule has 0 bridgehead atoms. The van der Waals surface area contributed by atoms with Gasteiger partial charge >= 0.3 is 5.97 Å². The van der Waals surface area contributed by atoms with E-state index in [9.17, 15) is 23.3 Å². The highest BCUT2D eigenvalue weighted by molar-refractivity contribution is 7.96. The molecule has 0 amide bonds. The Morgan fingerprint density at radius 3 is 2.54 bits per heavy atom. The van der Waals surface area contributed by atoms with Gasteiger partial charge in [-0.2, -0.15) is 0 Å². The average Bonchev–Trinajstić information content (AvgIpc) is 2.52. The summed E-state index contributed by atoms with van der Waals surface area (Å²) in [7, 11) is -3.93. The number of halogens is 1. The van der Waals surface area contributed by atoms with E-state index in [4.69, 9.17) is 16.3 Å². The molecular weight excluding hydrogens is 358 g/mol. The number of nitro benzene ring substituents is 1. The number of nitrogens with zero attached hydrogens (tertiary/aromatic N) is 1. The Hall–Kier alpha value is -1.93. The highest BCUT2D eigenvalue weighted by atomic mass is 35.5. The van der Waals surface area contributed by atoms with Gasteiger partial charge in [0.05, 0.1) is 16.8 Å². The first-order valence-electron chi connectivity index (χ1n) is 7.21. The third-order valence-corrected chi connectivity index (χ3v) is 5.96. The molecule has 0 saturated heterocycles. The summed E-state index contributed by atoms with van der Waals surface area (Å²) in [6.45, 7) is 4.72. The monoisotopic (exact) mass is 375 g/mol. The Bertz CT molecular complexity index is 772. The molecule has 0 N–H and O–H groups in total. The van der Waals surface area contributed by atoms with E-state index in [1.54, 1.807) is 13.8 Å². The number of hydrogen-bond acceptors (Lipinski definition) is 6. The Morgan fingerprint density at radius 1 is 1.42 bits per heavy atom. The van der Waals surface area contributed by atoms with Gasteiger partial charge < -0.3 is 4.74 Å². The van der Waals surface area contributed by atoms with Crippen molar-refractivity contribution in [2.24, 2.45) is 0 Å². The first-order chi connectivity index (χ1) is 11.1. The molecule has 24 heavy (non-hydrogen) atoms. The van der Waals surface area contributed by atoms with Crippen molar-refractivity contribution in [3.8, 4) is 0 Å². The Labute approximate surface area is 145 Å². The number of rotatable bonds is 7. The quantitative estimate of drug-likeness (QED) is 0.313. The lowest BCUT2D eigenvalue weighted by molar-refractivity contribution is -0.384. The summed E-state index contributed by atoms with van der Waals surface area (Å²) in [6.07, 6.45) is 1.38. The van der Waals surface area contributed by atoms with Crippen LogP contribution >= 0.6 is 11.6 Å². The minimum Gasteiger partial charge on any atom is -0.462 e. The Balaban J connectivity index is 3.50. The zero-order chi connectivity index (χ0) is 18.5. The van der Waals surface area contributed by atoms with Gasteiger partial charge in [0.25, 0.3) is 5.69 Å². The molecule has 0 unspecified atom stereocenters. The molecule has 1 atom stereocenters. The number of esters is 1. The van der Waals surface area contributed by atoms with Crippen molar-refractivity contribution in [2.45, 2.75) is 32.4 Å². The van der Waals surface area contributed by atoms with Crippen LogP contribution < -0.4 is 0 Å². The van der Waals surface area contributed by atoms with Crippen LogP contribution in [-0.2, 0) is 19.4 Å². The second kappa shape index (κ2) is 8.25. The fraction of sp³-hybridized carbons (Fsp3) is 0.400. The summed E-state index contributed by atoms with van der Waals surface area (Å²) in [5.41, 5.74) is -0.212. The van der Waals surface area contributed by atoms with Gasteiger partial charge in [0.1, 0.15) is 5.02 Å². The number of carbonyl (C=O) groups is 1. The summed E-state index contributed by atoms with van der Waals surface area (Å²) in [5, 5.41) is 10.1. The van der Waals surface area contributed by atoms with Crippen LogP contribution in [-0.4, -0.2) is 31.2 Å². The zero-order valence-electron chi connectivity index (χ0n) is 13.5. The number of sulfone groups is 1. The van der Waals surface area contributed by atoms with Crippen molar-refractivity contribution in [2.75, 3.05) is 6.61 Å². The molecule has 1 rings (SSSR count). The number of carbonyl (C=O) groups excluding carboxylic acids is 1. The van der Waals surface area contributed by atoms with Gasteiger partial charge in [-0.3, -0.25) is 10.1 Å². The van der Waals surface area contributed by atoms with Crippen LogP contribution in [0.15, 0.2) is 23.1 Å². The predicted octanol–water partition coefficient (Wildman–Crippen LogP) is 3.37. The van der Waals surface area contributed by atoms with Gasteiger partial charge in [-0.1, -0.05) is 24.6 Å². The van der Waals surface area contributed by atoms with E-state index in [2.05, 4.69) is 0 Å². The minimum atomic E-state index is -3.93. The second-order valence-corrected chi connectivity index (χ2v) is 7.70. The smallest absolute Gasteiger partial charge is 0.349 e. The molecule has 0 spiro atoms. The molecule has 7 nitrogen and oxygen atoms in total. The minimum absolute atomic E-state index is 0.00691. The van der Waals surface area contributed by atoms with Crippen LogP contribution in [0, 0.1) is 10.1 Å². The van der Waals surface area contributed by atoms with E-state index in [1.807, 2.05) is 0 Å². The number of hydrogen-bond donors (Lipinski definition) is 0. The number of benzene rings is 1. The van der Waals surface area contributed by atoms with Gasteiger partial charge in [-0.05, 0) is 38.0 Å². The third kappa shape index (κ3) is 4.55. The largest absolute Gasteiger partial charge is 0.462 e. The maximum Gasteiger partial charge on any atom is 0.349 e. The Kier molecular flexibility index (Phi) is 6.92. The Morgan fingerprint density at radius 2 is 2.04 bits per heavy atom. The summed E-state index contributed by atoms with van der Waals surface area (Å²) in [4.78, 5) is 21.8. The van der Waals surface area contributed by atoms with Crippen LogP contribution in [0.1, 0.15) is 32.8 Å². The number of ether oxygens (including phenoxy) is 1. The van der Waals surface area contributed by atoms with Crippen molar-refractivity contribution >= 4 is 39.2 Å². The first kappa shape index (κ1) is 20.1. The van der Waals surface area contributed by atoms with Crippen LogP contribution in [0.5, 0.6) is 0 Å². The summed E-state index contributed by atoms with van der Waals surface area (Å²) >= 11 is 5.73. The van der Waals surface area contributed by atoms with E-state index < -0.39 is 30.9 Å². The van der Waals surface area contributed by atoms with Crippen molar-refractivity contribution < 1.29 is 22.9 Å². The highest BCUT2D eigenvalue weighted by Gasteiger charge is 2.31. The molecule has 0 heterocycles. The molecule has 0 radical (unpaired) electrons. The highest BCUT2D eigenvalue weighted by Crippen LogP contribution is 2.27. The molecule has 0 aliphatic rings. The standard InChI is InChI=1S/C15H18ClNO6S/c1-4-10(3)24(21,22)14(15(18)23-5-2)9-11-6-7-12(16)13(8-11)17(19)20/h6-10H,4-5H2,1-3H3/b14-9-/t10-/m1/s1. The maximum absolute atomic E-state index is 12.5. The maximum atomic E-state index is 12.5. The van der Waals surface area contributed by atoms with E-state index >= 15 is 0 Å². The summed E-state index contributed by atoms with van der Waals surface area (Å²) in [5.74, 6) is -0.990. The topological polar surface area (TPSA) is 104 Å². The molecule has 9 heteroatoms. The van der Waals surface area contributed by atoms with E-state index in [1.165, 1.54) is 19.1 Å². The van der Waals surface area contributed by atoms with Crippen molar-refractivity contribution in [3.63, 3.8) is 0 Å². The van der Waals surface area contributed by atoms with Crippen LogP contribution in [0.4, 0.5) is 5.69 Å². The lowest BCUT2D eigenvalue weighted by Crippen LogP contribution is -2.24. The molecule has 0 aromatic heterocycles. The van der Waals surface area contributed by atoms with E-state index in [-0.39, 0.29) is 22.9 Å². The van der Waals surface area contributed by atoms with Crippen LogP contribution in [0.25, 0.3) is 6.08 Å². The van der Waals surface area contributed by atoms with Crippen LogP contribution in [0.2, 0.25) is 5.02 Å². The fourth-order valence-corrected chi connectivity index (χ4v) is 3.46. The van der Waals surface area contributed by atoms with Crippen LogP contribution in [0.3, 0.4) is 0 Å².